The molecule has 0 radical (unpaired) electrons. The van der Waals surface area contributed by atoms with Crippen LogP contribution in [-0.2, 0) is 6.54 Å². The smallest absolute Gasteiger partial charge is 0.123 e. The van der Waals surface area contributed by atoms with Crippen molar-refractivity contribution >= 4 is 0 Å². The normalized spacial score (nSPS) is 28.1. The van der Waals surface area contributed by atoms with Crippen LogP contribution in [0.4, 0.5) is 0 Å². The maximum absolute atomic E-state index is 5.55. The van der Waals surface area contributed by atoms with Crippen LogP contribution in [0.25, 0.3) is 0 Å². The lowest BCUT2D eigenvalue weighted by Crippen LogP contribution is -2.47. The number of aryl methyl sites for hydroxylation is 1. The summed E-state index contributed by atoms with van der Waals surface area (Å²) in [5.74, 6) is 1.02. The van der Waals surface area contributed by atoms with E-state index < -0.39 is 0 Å². The monoisotopic (exact) mass is 288 g/mol. The SMILES string of the molecule is CCN(Cc1cc(C)ccc1OC)C1CC2CCC(C1)N2. The molecule has 2 aliphatic heterocycles. The molecule has 0 aliphatic carbocycles. The summed E-state index contributed by atoms with van der Waals surface area (Å²) in [6.45, 7) is 6.56. The first-order valence-electron chi connectivity index (χ1n) is 8.33. The fourth-order valence-corrected chi connectivity index (χ4v) is 4.07. The minimum atomic E-state index is 0.721. The predicted molar refractivity (Wildman–Crippen MR) is 86.8 cm³/mol. The van der Waals surface area contributed by atoms with Crippen molar-refractivity contribution in [1.82, 2.24) is 10.2 Å². The third-order valence-electron chi connectivity index (χ3n) is 5.18. The van der Waals surface area contributed by atoms with Gasteiger partial charge in [0.25, 0.3) is 0 Å². The summed E-state index contributed by atoms with van der Waals surface area (Å²) < 4.78 is 5.55. The van der Waals surface area contributed by atoms with E-state index in [1.54, 1.807) is 7.11 Å². The van der Waals surface area contributed by atoms with E-state index in [1.165, 1.54) is 36.8 Å². The second-order valence-corrected chi connectivity index (χ2v) is 6.64. The summed E-state index contributed by atoms with van der Waals surface area (Å²) in [7, 11) is 1.77. The van der Waals surface area contributed by atoms with Gasteiger partial charge in [-0.15, -0.1) is 0 Å². The molecular weight excluding hydrogens is 260 g/mol. The van der Waals surface area contributed by atoms with Gasteiger partial charge in [-0.3, -0.25) is 4.90 Å². The van der Waals surface area contributed by atoms with Crippen LogP contribution in [0, 0.1) is 6.92 Å². The quantitative estimate of drug-likeness (QED) is 0.901. The molecule has 0 spiro atoms. The highest BCUT2D eigenvalue weighted by Crippen LogP contribution is 2.31. The Morgan fingerprint density at radius 3 is 2.57 bits per heavy atom. The highest BCUT2D eigenvalue weighted by Gasteiger charge is 2.35. The molecule has 0 amide bonds. The average Bonchev–Trinajstić information content (AvgIpc) is 2.83. The van der Waals surface area contributed by atoms with Gasteiger partial charge >= 0.3 is 0 Å². The summed E-state index contributed by atoms with van der Waals surface area (Å²) >= 11 is 0. The molecule has 1 aromatic carbocycles. The molecule has 2 fully saturated rings. The van der Waals surface area contributed by atoms with Crippen LogP contribution in [0.3, 0.4) is 0 Å². The van der Waals surface area contributed by atoms with Crippen LogP contribution in [0.2, 0.25) is 0 Å². The molecule has 0 saturated carbocycles. The Balaban J connectivity index is 1.74. The zero-order valence-electron chi connectivity index (χ0n) is 13.6. The van der Waals surface area contributed by atoms with E-state index in [2.05, 4.69) is 42.3 Å². The van der Waals surface area contributed by atoms with Crippen LogP contribution in [0.1, 0.15) is 43.7 Å². The van der Waals surface area contributed by atoms with Gasteiger partial charge in [0.1, 0.15) is 5.75 Å². The molecular formula is C18H28N2O. The predicted octanol–water partition coefficient (Wildman–Crippen LogP) is 3.11. The van der Waals surface area contributed by atoms with Crippen molar-refractivity contribution < 1.29 is 4.74 Å². The fraction of sp³-hybridized carbons (Fsp3) is 0.667. The maximum atomic E-state index is 5.55. The molecule has 1 aromatic rings. The standard InChI is InChI=1S/C18H28N2O/c1-4-20(17-10-15-6-7-16(11-17)19-15)12-14-9-13(2)5-8-18(14)21-3/h5,8-9,15-17,19H,4,6-7,10-12H2,1-3H3. The van der Waals surface area contributed by atoms with E-state index in [1.807, 2.05) is 0 Å². The molecule has 2 unspecified atom stereocenters. The summed E-state index contributed by atoms with van der Waals surface area (Å²) in [6.07, 6.45) is 5.34. The Labute approximate surface area is 128 Å². The molecule has 3 nitrogen and oxygen atoms in total. The van der Waals surface area contributed by atoms with Crippen molar-refractivity contribution in [3.63, 3.8) is 0 Å². The second kappa shape index (κ2) is 6.37. The first-order valence-corrected chi connectivity index (χ1v) is 8.33. The Morgan fingerprint density at radius 2 is 1.95 bits per heavy atom. The van der Waals surface area contributed by atoms with Crippen LogP contribution < -0.4 is 10.1 Å². The number of methoxy groups -OCH3 is 1. The molecule has 1 N–H and O–H groups in total. The fourth-order valence-electron chi connectivity index (χ4n) is 4.07. The summed E-state index contributed by atoms with van der Waals surface area (Å²) in [4.78, 5) is 2.64. The second-order valence-electron chi connectivity index (χ2n) is 6.64. The minimum Gasteiger partial charge on any atom is -0.496 e. The highest BCUT2D eigenvalue weighted by atomic mass is 16.5. The van der Waals surface area contributed by atoms with Crippen molar-refractivity contribution in [2.45, 2.75) is 64.2 Å². The third kappa shape index (κ3) is 3.24. The highest BCUT2D eigenvalue weighted by molar-refractivity contribution is 5.36. The topological polar surface area (TPSA) is 24.5 Å². The van der Waals surface area contributed by atoms with Crippen molar-refractivity contribution in [2.24, 2.45) is 0 Å². The zero-order chi connectivity index (χ0) is 14.8. The van der Waals surface area contributed by atoms with Gasteiger partial charge in [-0.05, 0) is 45.2 Å². The number of benzene rings is 1. The van der Waals surface area contributed by atoms with Crippen molar-refractivity contribution in [1.29, 1.82) is 0 Å². The molecule has 2 saturated heterocycles. The molecule has 2 atom stereocenters. The average molecular weight is 288 g/mol. The van der Waals surface area contributed by atoms with Gasteiger partial charge in [0.15, 0.2) is 0 Å². The largest absolute Gasteiger partial charge is 0.496 e. The Morgan fingerprint density at radius 1 is 1.24 bits per heavy atom. The van der Waals surface area contributed by atoms with Crippen molar-refractivity contribution in [3.05, 3.63) is 29.3 Å². The van der Waals surface area contributed by atoms with Crippen LogP contribution in [0.5, 0.6) is 5.75 Å². The summed E-state index contributed by atoms with van der Waals surface area (Å²) in [5.41, 5.74) is 2.64. The number of fused-ring (bicyclic) bond motifs is 2. The van der Waals surface area contributed by atoms with E-state index in [9.17, 15) is 0 Å². The van der Waals surface area contributed by atoms with Gasteiger partial charge < -0.3 is 10.1 Å². The first-order chi connectivity index (χ1) is 10.2. The first kappa shape index (κ1) is 14.9. The molecule has 2 heterocycles. The van der Waals surface area contributed by atoms with E-state index in [0.717, 1.165) is 37.0 Å². The van der Waals surface area contributed by atoms with E-state index in [0.29, 0.717) is 0 Å². The van der Waals surface area contributed by atoms with Crippen LogP contribution in [0.15, 0.2) is 18.2 Å². The lowest BCUT2D eigenvalue weighted by Gasteiger charge is -2.37. The summed E-state index contributed by atoms with van der Waals surface area (Å²) in [5, 5.41) is 3.74. The van der Waals surface area contributed by atoms with Gasteiger partial charge in [0.05, 0.1) is 7.11 Å². The van der Waals surface area contributed by atoms with Crippen LogP contribution in [-0.4, -0.2) is 36.7 Å². The minimum absolute atomic E-state index is 0.721. The molecule has 2 bridgehead atoms. The lowest BCUT2D eigenvalue weighted by atomic mass is 9.97. The van der Waals surface area contributed by atoms with Crippen LogP contribution >= 0.6 is 0 Å². The molecule has 2 aliphatic rings. The number of nitrogens with one attached hydrogen (secondary N) is 1. The Hall–Kier alpha value is -1.06. The number of piperidine rings is 1. The van der Waals surface area contributed by atoms with Crippen molar-refractivity contribution in [2.75, 3.05) is 13.7 Å². The number of ether oxygens (including phenoxy) is 1. The van der Waals surface area contributed by atoms with Gasteiger partial charge in [-0.2, -0.15) is 0 Å². The third-order valence-corrected chi connectivity index (χ3v) is 5.18. The molecule has 0 aromatic heterocycles. The molecule has 3 heteroatoms. The lowest BCUT2D eigenvalue weighted by molar-refractivity contribution is 0.139. The number of hydrogen-bond acceptors (Lipinski definition) is 3. The zero-order valence-corrected chi connectivity index (χ0v) is 13.6. The van der Waals surface area contributed by atoms with E-state index in [-0.39, 0.29) is 0 Å². The van der Waals surface area contributed by atoms with Crippen molar-refractivity contribution in [3.8, 4) is 5.75 Å². The van der Waals surface area contributed by atoms with Gasteiger partial charge in [-0.25, -0.2) is 0 Å². The van der Waals surface area contributed by atoms with Gasteiger partial charge in [0, 0.05) is 30.2 Å². The van der Waals surface area contributed by atoms with E-state index in [4.69, 9.17) is 4.74 Å². The Kier molecular flexibility index (Phi) is 4.51. The maximum Gasteiger partial charge on any atom is 0.123 e. The van der Waals surface area contributed by atoms with Gasteiger partial charge in [0.2, 0.25) is 0 Å². The molecule has 3 rings (SSSR count). The molecule has 21 heavy (non-hydrogen) atoms. The number of nitrogens with zero attached hydrogens (tertiary/aromatic N) is 1. The number of rotatable bonds is 5. The number of hydrogen-bond donors (Lipinski definition) is 1. The Bertz CT molecular complexity index is 476. The van der Waals surface area contributed by atoms with E-state index >= 15 is 0 Å². The van der Waals surface area contributed by atoms with Gasteiger partial charge in [-0.1, -0.05) is 24.6 Å². The molecule has 116 valence electrons. The summed E-state index contributed by atoms with van der Waals surface area (Å²) in [6, 6.07) is 8.73.